The molecule has 0 aromatic heterocycles. The molecule has 1 atom stereocenters. The highest BCUT2D eigenvalue weighted by Gasteiger charge is 2.15. The molecule has 0 fully saturated rings. The van der Waals surface area contributed by atoms with Gasteiger partial charge in [0, 0.05) is 24.7 Å². The average Bonchev–Trinajstić information content (AvgIpc) is 2.38. The Morgan fingerprint density at radius 3 is 3.21 bits per heavy atom. The number of hydrogen-bond acceptors (Lipinski definition) is 2. The minimum absolute atomic E-state index is 0.151. The summed E-state index contributed by atoms with van der Waals surface area (Å²) in [4.78, 5) is 0. The van der Waals surface area contributed by atoms with E-state index in [0.717, 1.165) is 25.1 Å². The number of hydrogen-bond donors (Lipinski definition) is 1. The van der Waals surface area contributed by atoms with E-state index in [9.17, 15) is 4.39 Å². The van der Waals surface area contributed by atoms with Crippen LogP contribution in [0.25, 0.3) is 0 Å². The third-order valence-corrected chi connectivity index (χ3v) is 2.47. The summed E-state index contributed by atoms with van der Waals surface area (Å²) in [5.41, 5.74) is 1.03. The molecule has 0 aliphatic carbocycles. The molecule has 1 heterocycles. The fourth-order valence-electron chi connectivity index (χ4n) is 1.60. The molecule has 2 nitrogen and oxygen atoms in total. The molecule has 76 valence electrons. The van der Waals surface area contributed by atoms with Crippen LogP contribution in [0.4, 0.5) is 4.39 Å². The summed E-state index contributed by atoms with van der Waals surface area (Å²) < 4.78 is 18.6. The van der Waals surface area contributed by atoms with Crippen LogP contribution >= 0.6 is 0 Å². The highest BCUT2D eigenvalue weighted by atomic mass is 19.1. The van der Waals surface area contributed by atoms with Crippen molar-refractivity contribution in [2.75, 3.05) is 6.54 Å². The van der Waals surface area contributed by atoms with Gasteiger partial charge in [0.15, 0.2) is 0 Å². The summed E-state index contributed by atoms with van der Waals surface area (Å²) in [7, 11) is 0. The third kappa shape index (κ3) is 1.87. The summed E-state index contributed by atoms with van der Waals surface area (Å²) in [5.74, 6) is 0.447. The zero-order valence-corrected chi connectivity index (χ0v) is 8.22. The van der Waals surface area contributed by atoms with Gasteiger partial charge in [0.25, 0.3) is 0 Å². The molecule has 0 radical (unpaired) electrons. The zero-order valence-electron chi connectivity index (χ0n) is 8.22. The first-order chi connectivity index (χ1) is 6.79. The van der Waals surface area contributed by atoms with Gasteiger partial charge in [-0.25, -0.2) is 4.39 Å². The van der Waals surface area contributed by atoms with Crippen molar-refractivity contribution in [3.8, 4) is 5.75 Å². The number of ether oxygens (including phenoxy) is 1. The van der Waals surface area contributed by atoms with E-state index >= 15 is 0 Å². The largest absolute Gasteiger partial charge is 0.489 e. The van der Waals surface area contributed by atoms with E-state index in [1.165, 1.54) is 12.1 Å². The summed E-state index contributed by atoms with van der Waals surface area (Å²) >= 11 is 0. The van der Waals surface area contributed by atoms with Crippen LogP contribution < -0.4 is 10.1 Å². The molecule has 0 spiro atoms. The van der Waals surface area contributed by atoms with Crippen LogP contribution in [-0.4, -0.2) is 12.6 Å². The minimum Gasteiger partial charge on any atom is -0.489 e. The first-order valence-corrected chi connectivity index (χ1v) is 4.95. The minimum atomic E-state index is -0.236. The quantitative estimate of drug-likeness (QED) is 0.740. The predicted octanol–water partition coefficient (Wildman–Crippen LogP) is 2.09. The smallest absolute Gasteiger partial charge is 0.127 e. The van der Waals surface area contributed by atoms with Crippen molar-refractivity contribution in [2.45, 2.75) is 26.0 Å². The highest BCUT2D eigenvalue weighted by Crippen LogP contribution is 2.23. The number of rotatable bonds is 1. The standard InChI is InChI=1S/C11H14FNO/c1-2-10-7-13-6-8-3-4-9(12)5-11(8)14-10/h3-5,10,13H,2,6-7H2,1H3. The van der Waals surface area contributed by atoms with E-state index in [1.807, 2.05) is 0 Å². The van der Waals surface area contributed by atoms with Crippen LogP contribution in [0.15, 0.2) is 18.2 Å². The van der Waals surface area contributed by atoms with E-state index in [4.69, 9.17) is 4.74 Å². The molecule has 1 aromatic carbocycles. The lowest BCUT2D eigenvalue weighted by Gasteiger charge is -2.14. The molecule has 0 saturated heterocycles. The van der Waals surface area contributed by atoms with Crippen molar-refractivity contribution in [3.63, 3.8) is 0 Å². The van der Waals surface area contributed by atoms with Crippen LogP contribution in [0.1, 0.15) is 18.9 Å². The maximum atomic E-state index is 13.0. The lowest BCUT2D eigenvalue weighted by Crippen LogP contribution is -2.27. The number of halogens is 1. The Bertz CT molecular complexity index is 327. The first kappa shape index (κ1) is 9.46. The van der Waals surface area contributed by atoms with Gasteiger partial charge in [-0.3, -0.25) is 0 Å². The summed E-state index contributed by atoms with van der Waals surface area (Å²) in [6.45, 7) is 3.65. The fraction of sp³-hybridized carbons (Fsp3) is 0.455. The van der Waals surface area contributed by atoms with E-state index in [0.29, 0.717) is 5.75 Å². The average molecular weight is 195 g/mol. The molecule has 2 rings (SSSR count). The predicted molar refractivity (Wildman–Crippen MR) is 52.8 cm³/mol. The Kier molecular flexibility index (Phi) is 2.68. The van der Waals surface area contributed by atoms with Crippen molar-refractivity contribution in [1.29, 1.82) is 0 Å². The van der Waals surface area contributed by atoms with Crippen LogP contribution in [-0.2, 0) is 6.54 Å². The highest BCUT2D eigenvalue weighted by molar-refractivity contribution is 5.34. The maximum absolute atomic E-state index is 13.0. The van der Waals surface area contributed by atoms with Crippen molar-refractivity contribution in [3.05, 3.63) is 29.6 Å². The van der Waals surface area contributed by atoms with Gasteiger partial charge in [-0.1, -0.05) is 13.0 Å². The van der Waals surface area contributed by atoms with Crippen LogP contribution in [0, 0.1) is 5.82 Å². The molecular weight excluding hydrogens is 181 g/mol. The van der Waals surface area contributed by atoms with E-state index < -0.39 is 0 Å². The molecule has 14 heavy (non-hydrogen) atoms. The summed E-state index contributed by atoms with van der Waals surface area (Å²) in [6.07, 6.45) is 1.08. The molecule has 1 aliphatic rings. The topological polar surface area (TPSA) is 21.3 Å². The molecule has 1 N–H and O–H groups in total. The Morgan fingerprint density at radius 2 is 2.43 bits per heavy atom. The Morgan fingerprint density at radius 1 is 1.57 bits per heavy atom. The van der Waals surface area contributed by atoms with Gasteiger partial charge in [0.1, 0.15) is 17.7 Å². The van der Waals surface area contributed by atoms with Gasteiger partial charge in [0.2, 0.25) is 0 Å². The molecule has 1 aromatic rings. The van der Waals surface area contributed by atoms with Crippen LogP contribution in [0.3, 0.4) is 0 Å². The Hall–Kier alpha value is -1.09. The Labute approximate surface area is 83.1 Å². The molecule has 3 heteroatoms. The van der Waals surface area contributed by atoms with Gasteiger partial charge in [0.05, 0.1) is 0 Å². The van der Waals surface area contributed by atoms with Gasteiger partial charge in [-0.15, -0.1) is 0 Å². The monoisotopic (exact) mass is 195 g/mol. The van der Waals surface area contributed by atoms with E-state index in [1.54, 1.807) is 6.07 Å². The molecule has 0 amide bonds. The second-order valence-electron chi connectivity index (χ2n) is 3.53. The van der Waals surface area contributed by atoms with Crippen molar-refractivity contribution in [2.24, 2.45) is 0 Å². The molecular formula is C11H14FNO. The summed E-state index contributed by atoms with van der Waals surface area (Å²) in [5, 5.41) is 3.28. The summed E-state index contributed by atoms with van der Waals surface area (Å²) in [6, 6.07) is 4.71. The number of benzene rings is 1. The van der Waals surface area contributed by atoms with Crippen LogP contribution in [0.2, 0.25) is 0 Å². The second-order valence-corrected chi connectivity index (χ2v) is 3.53. The number of fused-ring (bicyclic) bond motifs is 1. The van der Waals surface area contributed by atoms with Gasteiger partial charge < -0.3 is 10.1 Å². The van der Waals surface area contributed by atoms with Gasteiger partial charge >= 0.3 is 0 Å². The second kappa shape index (κ2) is 3.96. The lowest BCUT2D eigenvalue weighted by molar-refractivity contribution is 0.201. The first-order valence-electron chi connectivity index (χ1n) is 4.95. The van der Waals surface area contributed by atoms with Crippen LogP contribution in [0.5, 0.6) is 5.75 Å². The van der Waals surface area contributed by atoms with Crippen molar-refractivity contribution >= 4 is 0 Å². The van der Waals surface area contributed by atoms with Gasteiger partial charge in [-0.05, 0) is 12.5 Å². The zero-order chi connectivity index (χ0) is 9.97. The SMILES string of the molecule is CCC1CNCc2ccc(F)cc2O1. The van der Waals surface area contributed by atoms with Gasteiger partial charge in [-0.2, -0.15) is 0 Å². The molecule has 1 unspecified atom stereocenters. The molecule has 0 saturated carbocycles. The fourth-order valence-corrected chi connectivity index (χ4v) is 1.60. The normalized spacial score (nSPS) is 20.9. The third-order valence-electron chi connectivity index (χ3n) is 2.47. The molecule has 1 aliphatic heterocycles. The lowest BCUT2D eigenvalue weighted by atomic mass is 10.2. The maximum Gasteiger partial charge on any atom is 0.127 e. The molecule has 0 bridgehead atoms. The van der Waals surface area contributed by atoms with E-state index in [2.05, 4.69) is 12.2 Å². The van der Waals surface area contributed by atoms with Crippen molar-refractivity contribution in [1.82, 2.24) is 5.32 Å². The van der Waals surface area contributed by atoms with Crippen molar-refractivity contribution < 1.29 is 9.13 Å². The van der Waals surface area contributed by atoms with E-state index in [-0.39, 0.29) is 11.9 Å². The number of nitrogens with one attached hydrogen (secondary N) is 1. The Balaban J connectivity index is 2.28.